The number of carbonyl (C=O) groups is 1. The Balaban J connectivity index is 1.86. The third-order valence-electron chi connectivity index (χ3n) is 4.21. The number of carbonyl (C=O) groups excluding carboxylic acids is 1. The molecule has 1 aromatic rings. The second-order valence-corrected chi connectivity index (χ2v) is 7.21. The maximum Gasteiger partial charge on any atom is 0.274 e. The van der Waals surface area contributed by atoms with Crippen molar-refractivity contribution in [1.29, 1.82) is 0 Å². The van der Waals surface area contributed by atoms with Crippen LogP contribution in [0.5, 0.6) is 0 Å². The van der Waals surface area contributed by atoms with Crippen LogP contribution < -0.4 is 5.32 Å². The second-order valence-electron chi connectivity index (χ2n) is 7.21. The molecule has 2 heterocycles. The maximum atomic E-state index is 12.7. The molecule has 1 N–H and O–H groups in total. The molecule has 1 aromatic heterocycles. The zero-order valence-electron chi connectivity index (χ0n) is 13.4. The van der Waals surface area contributed by atoms with Crippen LogP contribution in [0.15, 0.2) is 6.07 Å². The van der Waals surface area contributed by atoms with Gasteiger partial charge in [-0.2, -0.15) is 5.10 Å². The van der Waals surface area contributed by atoms with Crippen molar-refractivity contribution in [2.75, 3.05) is 26.2 Å². The summed E-state index contributed by atoms with van der Waals surface area (Å²) < 4.78 is 2.06. The molecular formula is C16H26N4O. The fourth-order valence-electron chi connectivity index (χ4n) is 2.92. The fourth-order valence-corrected chi connectivity index (χ4v) is 2.92. The van der Waals surface area contributed by atoms with E-state index < -0.39 is 0 Å². The summed E-state index contributed by atoms with van der Waals surface area (Å²) >= 11 is 0. The van der Waals surface area contributed by atoms with Gasteiger partial charge in [0.1, 0.15) is 0 Å². The van der Waals surface area contributed by atoms with Gasteiger partial charge >= 0.3 is 0 Å². The number of nitrogens with zero attached hydrogens (tertiary/aromatic N) is 3. The quantitative estimate of drug-likeness (QED) is 0.906. The molecular weight excluding hydrogens is 264 g/mol. The lowest BCUT2D eigenvalue weighted by Gasteiger charge is -2.22. The minimum Gasteiger partial charge on any atom is -0.336 e. The number of hydrogen-bond donors (Lipinski definition) is 1. The van der Waals surface area contributed by atoms with Crippen molar-refractivity contribution in [3.8, 4) is 0 Å². The third kappa shape index (κ3) is 3.12. The van der Waals surface area contributed by atoms with Crippen molar-refractivity contribution in [3.63, 3.8) is 0 Å². The first-order valence-electron chi connectivity index (χ1n) is 8.07. The zero-order chi connectivity index (χ0) is 15.0. The lowest BCUT2D eigenvalue weighted by molar-refractivity contribution is 0.0758. The number of aromatic nitrogens is 2. The van der Waals surface area contributed by atoms with Crippen LogP contribution in [0.25, 0.3) is 0 Å². The van der Waals surface area contributed by atoms with Crippen LogP contribution in [0.3, 0.4) is 0 Å². The van der Waals surface area contributed by atoms with Crippen LogP contribution in [0.4, 0.5) is 0 Å². The van der Waals surface area contributed by atoms with Gasteiger partial charge in [-0.25, -0.2) is 0 Å². The van der Waals surface area contributed by atoms with Crippen LogP contribution in [-0.2, 0) is 5.54 Å². The summed E-state index contributed by atoms with van der Waals surface area (Å²) in [4.78, 5) is 14.6. The molecule has 0 radical (unpaired) electrons. The van der Waals surface area contributed by atoms with Gasteiger partial charge in [0.05, 0.1) is 5.54 Å². The molecule has 5 nitrogen and oxygen atoms in total. The topological polar surface area (TPSA) is 50.2 Å². The van der Waals surface area contributed by atoms with Crippen LogP contribution in [-0.4, -0.2) is 46.8 Å². The lowest BCUT2D eigenvalue weighted by Crippen LogP contribution is -2.34. The smallest absolute Gasteiger partial charge is 0.274 e. The predicted molar refractivity (Wildman–Crippen MR) is 82.6 cm³/mol. The van der Waals surface area contributed by atoms with Crippen LogP contribution >= 0.6 is 0 Å². The van der Waals surface area contributed by atoms with Crippen molar-refractivity contribution < 1.29 is 4.79 Å². The molecule has 0 atom stereocenters. The van der Waals surface area contributed by atoms with Gasteiger partial charge in [0.2, 0.25) is 0 Å². The van der Waals surface area contributed by atoms with Gasteiger partial charge in [-0.05, 0) is 52.6 Å². The Bertz CT molecular complexity index is 517. The Kier molecular flexibility index (Phi) is 3.78. The monoisotopic (exact) mass is 290 g/mol. The van der Waals surface area contributed by atoms with Crippen molar-refractivity contribution in [2.45, 2.75) is 51.5 Å². The zero-order valence-corrected chi connectivity index (χ0v) is 13.4. The van der Waals surface area contributed by atoms with E-state index in [1.165, 1.54) is 18.5 Å². The van der Waals surface area contributed by atoms with Crippen molar-refractivity contribution in [3.05, 3.63) is 17.5 Å². The van der Waals surface area contributed by atoms with Gasteiger partial charge in [0.15, 0.2) is 5.69 Å². The number of amides is 1. The van der Waals surface area contributed by atoms with E-state index >= 15 is 0 Å². The highest BCUT2D eigenvalue weighted by atomic mass is 16.2. The van der Waals surface area contributed by atoms with Gasteiger partial charge in [-0.15, -0.1) is 0 Å². The molecule has 3 rings (SSSR count). The summed E-state index contributed by atoms with van der Waals surface area (Å²) in [5.74, 6) is 0.688. The molecule has 1 aliphatic heterocycles. The first-order chi connectivity index (χ1) is 9.97. The number of rotatable bonds is 2. The van der Waals surface area contributed by atoms with Crippen LogP contribution in [0.2, 0.25) is 0 Å². The highest BCUT2D eigenvalue weighted by Crippen LogP contribution is 2.41. The number of nitrogens with one attached hydrogen (secondary N) is 1. The molecule has 116 valence electrons. The Hall–Kier alpha value is -1.36. The third-order valence-corrected chi connectivity index (χ3v) is 4.21. The molecule has 0 unspecified atom stereocenters. The molecule has 0 spiro atoms. The van der Waals surface area contributed by atoms with Gasteiger partial charge in [0, 0.05) is 31.2 Å². The first-order valence-corrected chi connectivity index (χ1v) is 8.07. The largest absolute Gasteiger partial charge is 0.336 e. The Morgan fingerprint density at radius 1 is 1.29 bits per heavy atom. The predicted octanol–water partition coefficient (Wildman–Crippen LogP) is 1.95. The Labute approximate surface area is 126 Å². The minimum atomic E-state index is -0.0726. The molecule has 1 amide bonds. The van der Waals surface area contributed by atoms with E-state index in [1.54, 1.807) is 0 Å². The van der Waals surface area contributed by atoms with E-state index in [2.05, 4.69) is 35.9 Å². The van der Waals surface area contributed by atoms with Crippen molar-refractivity contribution in [1.82, 2.24) is 20.0 Å². The maximum absolute atomic E-state index is 12.7. The summed E-state index contributed by atoms with van der Waals surface area (Å²) in [6.07, 6.45) is 3.47. The minimum absolute atomic E-state index is 0.0726. The van der Waals surface area contributed by atoms with E-state index in [0.717, 1.165) is 32.6 Å². The number of hydrogen-bond acceptors (Lipinski definition) is 3. The molecule has 2 fully saturated rings. The van der Waals surface area contributed by atoms with Gasteiger partial charge in [-0.1, -0.05) is 0 Å². The summed E-state index contributed by atoms with van der Waals surface area (Å²) in [5, 5.41) is 7.99. The van der Waals surface area contributed by atoms with Gasteiger partial charge < -0.3 is 10.2 Å². The second kappa shape index (κ2) is 5.44. The SMILES string of the molecule is CC(C)(C)n1nc(C(=O)N2CCCNCC2)cc1C1CC1. The molecule has 0 bridgehead atoms. The van der Waals surface area contributed by atoms with E-state index in [1.807, 2.05) is 11.0 Å². The molecule has 0 aromatic carbocycles. The average Bonchev–Trinajstić information content (AvgIpc) is 3.21. The molecule has 2 aliphatic rings. The van der Waals surface area contributed by atoms with Gasteiger partial charge in [0.25, 0.3) is 5.91 Å². The highest BCUT2D eigenvalue weighted by Gasteiger charge is 2.33. The van der Waals surface area contributed by atoms with E-state index in [0.29, 0.717) is 11.6 Å². The summed E-state index contributed by atoms with van der Waals surface area (Å²) in [6, 6.07) is 2.03. The summed E-state index contributed by atoms with van der Waals surface area (Å²) in [7, 11) is 0. The van der Waals surface area contributed by atoms with Crippen molar-refractivity contribution in [2.24, 2.45) is 0 Å². The molecule has 1 saturated carbocycles. The fraction of sp³-hybridized carbons (Fsp3) is 0.750. The van der Waals surface area contributed by atoms with Crippen molar-refractivity contribution >= 4 is 5.91 Å². The molecule has 5 heteroatoms. The molecule has 1 aliphatic carbocycles. The summed E-state index contributed by atoms with van der Waals surface area (Å²) in [6.45, 7) is 9.92. The van der Waals surface area contributed by atoms with Crippen LogP contribution in [0, 0.1) is 0 Å². The lowest BCUT2D eigenvalue weighted by atomic mass is 10.1. The first kappa shape index (κ1) is 14.6. The normalized spacial score (nSPS) is 20.4. The molecule has 1 saturated heterocycles. The molecule has 21 heavy (non-hydrogen) atoms. The van der Waals surface area contributed by atoms with Crippen LogP contribution in [0.1, 0.15) is 62.1 Å². The average molecular weight is 290 g/mol. The van der Waals surface area contributed by atoms with E-state index in [4.69, 9.17) is 0 Å². The van der Waals surface area contributed by atoms with E-state index in [9.17, 15) is 4.79 Å². The Morgan fingerprint density at radius 3 is 2.71 bits per heavy atom. The Morgan fingerprint density at radius 2 is 2.05 bits per heavy atom. The van der Waals surface area contributed by atoms with E-state index in [-0.39, 0.29) is 11.4 Å². The standard InChI is InChI=1S/C16H26N4O/c1-16(2,3)20-14(12-5-6-12)11-13(18-20)15(21)19-9-4-7-17-8-10-19/h11-12,17H,4-10H2,1-3H3. The van der Waals surface area contributed by atoms with Gasteiger partial charge in [-0.3, -0.25) is 9.48 Å². The summed E-state index contributed by atoms with van der Waals surface area (Å²) in [5.41, 5.74) is 1.78. The highest BCUT2D eigenvalue weighted by molar-refractivity contribution is 5.92.